The minimum atomic E-state index is 0.559. The fourth-order valence-corrected chi connectivity index (χ4v) is 1.89. The van der Waals surface area contributed by atoms with Gasteiger partial charge in [-0.1, -0.05) is 24.3 Å². The highest BCUT2D eigenvalue weighted by molar-refractivity contribution is 5.57. The number of rotatable bonds is 5. The molecule has 0 unspecified atom stereocenters. The van der Waals surface area contributed by atoms with Gasteiger partial charge in [-0.25, -0.2) is 0 Å². The molecule has 1 aromatic carbocycles. The number of aromatic nitrogens is 3. The van der Waals surface area contributed by atoms with Crippen LogP contribution in [0.1, 0.15) is 19.4 Å². The van der Waals surface area contributed by atoms with Crippen LogP contribution in [0.4, 0.5) is 5.95 Å². The van der Waals surface area contributed by atoms with Gasteiger partial charge in [0.1, 0.15) is 0 Å². The summed E-state index contributed by atoms with van der Waals surface area (Å²) in [6.07, 6.45) is 0. The van der Waals surface area contributed by atoms with Crippen LogP contribution in [-0.4, -0.2) is 21.3 Å². The standard InChI is InChI=1S/C13H19N5/c1-3-15-13-17-16-12(18(13)4-2)11-7-5-10(9-14)6-8-11/h5-8H,3-4,9,14H2,1-2H3,(H,15,17). The van der Waals surface area contributed by atoms with Crippen molar-refractivity contribution in [3.8, 4) is 11.4 Å². The molecule has 96 valence electrons. The van der Waals surface area contributed by atoms with Crippen molar-refractivity contribution in [3.63, 3.8) is 0 Å². The molecule has 5 nitrogen and oxygen atoms in total. The molecule has 0 radical (unpaired) electrons. The van der Waals surface area contributed by atoms with Crippen molar-refractivity contribution < 1.29 is 0 Å². The van der Waals surface area contributed by atoms with Gasteiger partial charge in [0, 0.05) is 25.2 Å². The molecule has 0 aliphatic heterocycles. The van der Waals surface area contributed by atoms with Crippen LogP contribution >= 0.6 is 0 Å². The molecular formula is C13H19N5. The van der Waals surface area contributed by atoms with Crippen LogP contribution in [0.15, 0.2) is 24.3 Å². The maximum Gasteiger partial charge on any atom is 0.224 e. The van der Waals surface area contributed by atoms with Crippen molar-refractivity contribution in [2.24, 2.45) is 5.73 Å². The van der Waals surface area contributed by atoms with Crippen LogP contribution in [0.3, 0.4) is 0 Å². The summed E-state index contributed by atoms with van der Waals surface area (Å²) in [6.45, 7) is 6.36. The molecule has 0 saturated carbocycles. The van der Waals surface area contributed by atoms with Crippen molar-refractivity contribution in [3.05, 3.63) is 29.8 Å². The number of nitrogens with two attached hydrogens (primary N) is 1. The first-order valence-corrected chi connectivity index (χ1v) is 6.26. The van der Waals surface area contributed by atoms with Crippen LogP contribution < -0.4 is 11.1 Å². The molecule has 1 aromatic heterocycles. The Morgan fingerprint density at radius 2 is 1.89 bits per heavy atom. The minimum absolute atomic E-state index is 0.559. The number of anilines is 1. The van der Waals surface area contributed by atoms with Crippen LogP contribution in [0.25, 0.3) is 11.4 Å². The molecule has 0 aliphatic carbocycles. The molecule has 0 saturated heterocycles. The third kappa shape index (κ3) is 2.36. The predicted molar refractivity (Wildman–Crippen MR) is 73.2 cm³/mol. The monoisotopic (exact) mass is 245 g/mol. The Morgan fingerprint density at radius 1 is 1.17 bits per heavy atom. The lowest BCUT2D eigenvalue weighted by molar-refractivity contribution is 0.770. The van der Waals surface area contributed by atoms with Crippen LogP contribution in [0, 0.1) is 0 Å². The van der Waals surface area contributed by atoms with E-state index >= 15 is 0 Å². The van der Waals surface area contributed by atoms with E-state index in [4.69, 9.17) is 5.73 Å². The largest absolute Gasteiger partial charge is 0.355 e. The van der Waals surface area contributed by atoms with Crippen molar-refractivity contribution >= 4 is 5.95 Å². The molecule has 5 heteroatoms. The van der Waals surface area contributed by atoms with E-state index < -0.39 is 0 Å². The minimum Gasteiger partial charge on any atom is -0.355 e. The maximum absolute atomic E-state index is 5.60. The number of hydrogen-bond acceptors (Lipinski definition) is 4. The van der Waals surface area contributed by atoms with E-state index in [0.717, 1.165) is 36.0 Å². The summed E-state index contributed by atoms with van der Waals surface area (Å²) in [5, 5.41) is 11.6. The average Bonchev–Trinajstić information content (AvgIpc) is 2.82. The summed E-state index contributed by atoms with van der Waals surface area (Å²) < 4.78 is 2.07. The average molecular weight is 245 g/mol. The van der Waals surface area contributed by atoms with Crippen molar-refractivity contribution in [1.29, 1.82) is 0 Å². The van der Waals surface area contributed by atoms with Crippen molar-refractivity contribution in [1.82, 2.24) is 14.8 Å². The van der Waals surface area contributed by atoms with E-state index in [0.29, 0.717) is 6.54 Å². The smallest absolute Gasteiger partial charge is 0.224 e. The fourth-order valence-electron chi connectivity index (χ4n) is 1.89. The highest BCUT2D eigenvalue weighted by Crippen LogP contribution is 2.20. The first-order valence-electron chi connectivity index (χ1n) is 6.26. The van der Waals surface area contributed by atoms with Gasteiger partial charge in [0.2, 0.25) is 5.95 Å². The number of nitrogens with zero attached hydrogens (tertiary/aromatic N) is 3. The summed E-state index contributed by atoms with van der Waals surface area (Å²) in [5.41, 5.74) is 7.77. The van der Waals surface area contributed by atoms with E-state index in [1.165, 1.54) is 0 Å². The van der Waals surface area contributed by atoms with Gasteiger partial charge >= 0.3 is 0 Å². The summed E-state index contributed by atoms with van der Waals surface area (Å²) in [5.74, 6) is 1.70. The molecule has 2 rings (SSSR count). The molecule has 0 amide bonds. The first kappa shape index (κ1) is 12.6. The van der Waals surface area contributed by atoms with Gasteiger partial charge in [-0.15, -0.1) is 10.2 Å². The Hall–Kier alpha value is -1.88. The molecule has 0 aliphatic rings. The Balaban J connectivity index is 2.36. The lowest BCUT2D eigenvalue weighted by Gasteiger charge is -2.08. The second kappa shape index (κ2) is 5.64. The van der Waals surface area contributed by atoms with Crippen LogP contribution in [-0.2, 0) is 13.1 Å². The molecule has 1 heterocycles. The zero-order valence-electron chi connectivity index (χ0n) is 10.8. The quantitative estimate of drug-likeness (QED) is 0.843. The first-order chi connectivity index (χ1) is 8.80. The van der Waals surface area contributed by atoms with Gasteiger partial charge in [0.25, 0.3) is 0 Å². The van der Waals surface area contributed by atoms with Gasteiger partial charge in [-0.3, -0.25) is 4.57 Å². The Bertz CT molecular complexity index is 501. The van der Waals surface area contributed by atoms with Gasteiger partial charge in [0.05, 0.1) is 0 Å². The third-order valence-electron chi connectivity index (χ3n) is 2.85. The van der Waals surface area contributed by atoms with Crippen molar-refractivity contribution in [2.75, 3.05) is 11.9 Å². The highest BCUT2D eigenvalue weighted by Gasteiger charge is 2.11. The molecule has 3 N–H and O–H groups in total. The molecule has 0 bridgehead atoms. The fraction of sp³-hybridized carbons (Fsp3) is 0.385. The molecule has 18 heavy (non-hydrogen) atoms. The lowest BCUT2D eigenvalue weighted by Crippen LogP contribution is -2.06. The summed E-state index contributed by atoms with van der Waals surface area (Å²) in [4.78, 5) is 0. The SMILES string of the molecule is CCNc1nnc(-c2ccc(CN)cc2)n1CC. The molecule has 0 spiro atoms. The zero-order valence-corrected chi connectivity index (χ0v) is 10.8. The number of nitrogens with one attached hydrogen (secondary N) is 1. The van der Waals surface area contributed by atoms with Crippen LogP contribution in [0.5, 0.6) is 0 Å². The Morgan fingerprint density at radius 3 is 2.44 bits per heavy atom. The van der Waals surface area contributed by atoms with E-state index in [1.54, 1.807) is 0 Å². The summed E-state index contributed by atoms with van der Waals surface area (Å²) >= 11 is 0. The van der Waals surface area contributed by atoms with Gasteiger partial charge < -0.3 is 11.1 Å². The van der Waals surface area contributed by atoms with Crippen molar-refractivity contribution in [2.45, 2.75) is 26.9 Å². The van der Waals surface area contributed by atoms with Crippen LogP contribution in [0.2, 0.25) is 0 Å². The second-order valence-corrected chi connectivity index (χ2v) is 4.02. The van der Waals surface area contributed by atoms with E-state index in [2.05, 4.69) is 27.0 Å². The third-order valence-corrected chi connectivity index (χ3v) is 2.85. The summed E-state index contributed by atoms with van der Waals surface area (Å²) in [6, 6.07) is 8.12. The molecule has 2 aromatic rings. The van der Waals surface area contributed by atoms with E-state index in [1.807, 2.05) is 31.2 Å². The normalized spacial score (nSPS) is 10.6. The second-order valence-electron chi connectivity index (χ2n) is 4.02. The number of hydrogen-bond donors (Lipinski definition) is 2. The van der Waals surface area contributed by atoms with Gasteiger partial charge in [-0.2, -0.15) is 0 Å². The maximum atomic E-state index is 5.60. The Labute approximate surface area is 107 Å². The molecule has 0 fully saturated rings. The van der Waals surface area contributed by atoms with Gasteiger partial charge in [-0.05, 0) is 19.4 Å². The molecular weight excluding hydrogens is 226 g/mol. The summed E-state index contributed by atoms with van der Waals surface area (Å²) in [7, 11) is 0. The van der Waals surface area contributed by atoms with E-state index in [9.17, 15) is 0 Å². The number of benzene rings is 1. The lowest BCUT2D eigenvalue weighted by atomic mass is 10.1. The van der Waals surface area contributed by atoms with Gasteiger partial charge in [0.15, 0.2) is 5.82 Å². The van der Waals surface area contributed by atoms with E-state index in [-0.39, 0.29) is 0 Å². The Kier molecular flexibility index (Phi) is 3.94. The highest BCUT2D eigenvalue weighted by atomic mass is 15.3. The molecule has 0 atom stereocenters. The topological polar surface area (TPSA) is 68.8 Å². The zero-order chi connectivity index (χ0) is 13.0. The predicted octanol–water partition coefficient (Wildman–Crippen LogP) is 1.86.